The van der Waals surface area contributed by atoms with Gasteiger partial charge in [0, 0.05) is 18.9 Å². The molecule has 0 saturated heterocycles. The first-order valence-corrected chi connectivity index (χ1v) is 6.48. The number of hydrogen-bond acceptors (Lipinski definition) is 2. The lowest BCUT2D eigenvalue weighted by Gasteiger charge is -2.30. The zero-order valence-electron chi connectivity index (χ0n) is 8.42. The van der Waals surface area contributed by atoms with E-state index in [-0.39, 0.29) is 5.38 Å². The van der Waals surface area contributed by atoms with E-state index in [2.05, 4.69) is 26.2 Å². The predicted molar refractivity (Wildman–Crippen MR) is 67.4 cm³/mol. The van der Waals surface area contributed by atoms with Crippen LogP contribution in [0.25, 0.3) is 0 Å². The van der Waals surface area contributed by atoms with Gasteiger partial charge in [-0.25, -0.2) is 0 Å². The van der Waals surface area contributed by atoms with E-state index in [4.69, 9.17) is 11.6 Å². The van der Waals surface area contributed by atoms with Gasteiger partial charge in [0.2, 0.25) is 0 Å². The number of alkyl halides is 1. The molecule has 0 aliphatic heterocycles. The van der Waals surface area contributed by atoms with E-state index in [9.17, 15) is 0 Å². The Morgan fingerprint density at radius 3 is 3.00 bits per heavy atom. The van der Waals surface area contributed by atoms with Crippen LogP contribution in [0, 0.1) is 5.92 Å². The highest BCUT2D eigenvalue weighted by Gasteiger charge is 2.25. The molecule has 0 bridgehead atoms. The molecule has 1 atom stereocenters. The molecule has 1 aromatic rings. The Labute approximate surface area is 104 Å². The third-order valence-electron chi connectivity index (χ3n) is 2.92. The van der Waals surface area contributed by atoms with E-state index in [1.54, 1.807) is 12.4 Å². The lowest BCUT2D eigenvalue weighted by molar-refractivity contribution is 0.308. The van der Waals surface area contributed by atoms with Gasteiger partial charge in [-0.05, 0) is 40.8 Å². The fourth-order valence-corrected chi connectivity index (χ4v) is 2.41. The number of rotatable bonds is 4. The van der Waals surface area contributed by atoms with Crippen LogP contribution in [0.5, 0.6) is 0 Å². The first-order chi connectivity index (χ1) is 7.27. The van der Waals surface area contributed by atoms with Crippen molar-refractivity contribution in [1.29, 1.82) is 0 Å². The highest BCUT2D eigenvalue weighted by atomic mass is 79.9. The van der Waals surface area contributed by atoms with Gasteiger partial charge < -0.3 is 5.32 Å². The van der Waals surface area contributed by atoms with Gasteiger partial charge in [-0.3, -0.25) is 4.98 Å². The molecular formula is C11H14BrClN2. The first-order valence-electron chi connectivity index (χ1n) is 5.25. The quantitative estimate of drug-likeness (QED) is 0.856. The van der Waals surface area contributed by atoms with E-state index >= 15 is 0 Å². The van der Waals surface area contributed by atoms with E-state index in [0.717, 1.165) is 16.7 Å². The van der Waals surface area contributed by atoms with Crippen LogP contribution in [-0.2, 0) is 0 Å². The minimum atomic E-state index is 0.249. The predicted octanol–water partition coefficient (Wildman–Crippen LogP) is 3.66. The van der Waals surface area contributed by atoms with Crippen molar-refractivity contribution in [3.63, 3.8) is 0 Å². The average molecular weight is 290 g/mol. The number of aromatic nitrogens is 1. The smallest absolute Gasteiger partial charge is 0.0590 e. The summed E-state index contributed by atoms with van der Waals surface area (Å²) in [6, 6.07) is 1.95. The maximum Gasteiger partial charge on any atom is 0.0590 e. The zero-order valence-corrected chi connectivity index (χ0v) is 10.8. The van der Waals surface area contributed by atoms with Crippen LogP contribution in [0.3, 0.4) is 0 Å². The van der Waals surface area contributed by atoms with Gasteiger partial charge in [0.05, 0.1) is 15.5 Å². The van der Waals surface area contributed by atoms with Gasteiger partial charge in [-0.1, -0.05) is 6.42 Å². The summed E-state index contributed by atoms with van der Waals surface area (Å²) in [6.07, 6.45) is 7.47. The van der Waals surface area contributed by atoms with E-state index in [1.807, 2.05) is 6.07 Å². The van der Waals surface area contributed by atoms with E-state index < -0.39 is 0 Å². The maximum absolute atomic E-state index is 6.29. The van der Waals surface area contributed by atoms with Crippen molar-refractivity contribution >= 4 is 33.2 Å². The second-order valence-electron chi connectivity index (χ2n) is 3.94. The van der Waals surface area contributed by atoms with Crippen molar-refractivity contribution in [2.75, 3.05) is 11.9 Å². The van der Waals surface area contributed by atoms with E-state index in [1.165, 1.54) is 19.3 Å². The number of anilines is 1. The standard InChI is InChI=1S/C11H14BrClN2/c12-9-6-14-5-4-11(9)15-7-10(13)8-2-1-3-8/h4-6,8,10H,1-3,7H2,(H,14,15). The summed E-state index contributed by atoms with van der Waals surface area (Å²) in [4.78, 5) is 4.01. The topological polar surface area (TPSA) is 24.9 Å². The molecule has 0 radical (unpaired) electrons. The normalized spacial score (nSPS) is 18.3. The van der Waals surface area contributed by atoms with Crippen LogP contribution >= 0.6 is 27.5 Å². The fraction of sp³-hybridized carbons (Fsp3) is 0.545. The monoisotopic (exact) mass is 288 g/mol. The first kappa shape index (κ1) is 11.2. The number of pyridine rings is 1. The van der Waals surface area contributed by atoms with Crippen LogP contribution in [0.4, 0.5) is 5.69 Å². The van der Waals surface area contributed by atoms with Gasteiger partial charge in [0.25, 0.3) is 0 Å². The lowest BCUT2D eigenvalue weighted by Crippen LogP contribution is -2.28. The van der Waals surface area contributed by atoms with E-state index in [0.29, 0.717) is 5.92 Å². The Hall–Kier alpha value is -0.280. The van der Waals surface area contributed by atoms with Gasteiger partial charge in [0.15, 0.2) is 0 Å². The van der Waals surface area contributed by atoms with Crippen molar-refractivity contribution in [3.8, 4) is 0 Å². The lowest BCUT2D eigenvalue weighted by atomic mass is 9.82. The molecule has 0 aromatic carbocycles. The minimum Gasteiger partial charge on any atom is -0.383 e. The summed E-state index contributed by atoms with van der Waals surface area (Å²) in [5.74, 6) is 0.708. The van der Waals surface area contributed by atoms with Crippen LogP contribution in [-0.4, -0.2) is 16.9 Å². The number of nitrogens with one attached hydrogen (secondary N) is 1. The molecule has 1 heterocycles. The van der Waals surface area contributed by atoms with Gasteiger partial charge in [0.1, 0.15) is 0 Å². The maximum atomic E-state index is 6.29. The minimum absolute atomic E-state index is 0.249. The van der Waals surface area contributed by atoms with Crippen molar-refractivity contribution in [1.82, 2.24) is 4.98 Å². The Morgan fingerprint density at radius 1 is 1.60 bits per heavy atom. The molecule has 1 saturated carbocycles. The number of hydrogen-bond donors (Lipinski definition) is 1. The Balaban J connectivity index is 1.84. The second kappa shape index (κ2) is 5.17. The molecule has 1 fully saturated rings. The Morgan fingerprint density at radius 2 is 2.40 bits per heavy atom. The van der Waals surface area contributed by atoms with Crippen molar-refractivity contribution in [3.05, 3.63) is 22.9 Å². The summed E-state index contributed by atoms with van der Waals surface area (Å²) in [6.45, 7) is 0.828. The SMILES string of the molecule is ClC(CNc1ccncc1Br)C1CCC1. The van der Waals surface area contributed by atoms with Crippen molar-refractivity contribution < 1.29 is 0 Å². The van der Waals surface area contributed by atoms with Crippen molar-refractivity contribution in [2.45, 2.75) is 24.6 Å². The summed E-state index contributed by atoms with van der Waals surface area (Å²) in [7, 11) is 0. The summed E-state index contributed by atoms with van der Waals surface area (Å²) >= 11 is 9.74. The third kappa shape index (κ3) is 2.85. The molecule has 1 N–H and O–H groups in total. The molecule has 0 amide bonds. The molecule has 0 spiro atoms. The Kier molecular flexibility index (Phi) is 3.87. The molecule has 1 unspecified atom stereocenters. The molecular weight excluding hydrogens is 275 g/mol. The largest absolute Gasteiger partial charge is 0.383 e. The molecule has 2 nitrogen and oxygen atoms in total. The molecule has 15 heavy (non-hydrogen) atoms. The Bertz CT molecular complexity index is 328. The molecule has 82 valence electrons. The molecule has 1 aromatic heterocycles. The van der Waals surface area contributed by atoms with Gasteiger partial charge >= 0.3 is 0 Å². The van der Waals surface area contributed by atoms with Crippen LogP contribution < -0.4 is 5.32 Å². The fourth-order valence-electron chi connectivity index (χ4n) is 1.69. The number of nitrogens with zero attached hydrogens (tertiary/aromatic N) is 1. The number of halogens is 2. The average Bonchev–Trinajstić information content (AvgIpc) is 2.14. The van der Waals surface area contributed by atoms with Gasteiger partial charge in [-0.2, -0.15) is 0 Å². The summed E-state index contributed by atoms with van der Waals surface area (Å²) in [5.41, 5.74) is 1.06. The third-order valence-corrected chi connectivity index (χ3v) is 4.06. The second-order valence-corrected chi connectivity index (χ2v) is 5.36. The molecule has 4 heteroatoms. The summed E-state index contributed by atoms with van der Waals surface area (Å²) < 4.78 is 0.988. The van der Waals surface area contributed by atoms with Crippen LogP contribution in [0.1, 0.15) is 19.3 Å². The molecule has 2 rings (SSSR count). The van der Waals surface area contributed by atoms with Crippen LogP contribution in [0.15, 0.2) is 22.9 Å². The van der Waals surface area contributed by atoms with Gasteiger partial charge in [-0.15, -0.1) is 11.6 Å². The molecule has 1 aliphatic rings. The van der Waals surface area contributed by atoms with Crippen LogP contribution in [0.2, 0.25) is 0 Å². The van der Waals surface area contributed by atoms with Crippen molar-refractivity contribution in [2.24, 2.45) is 5.92 Å². The molecule has 1 aliphatic carbocycles. The summed E-state index contributed by atoms with van der Waals surface area (Å²) in [5, 5.41) is 3.59. The zero-order chi connectivity index (χ0) is 10.7. The highest BCUT2D eigenvalue weighted by Crippen LogP contribution is 2.32. The highest BCUT2D eigenvalue weighted by molar-refractivity contribution is 9.10.